The standard InChI is InChI=1S/C26H22N4O3.C25H20N4O3/c27-14-18-1-3-19(4-2-18)24-15-28-25-8-6-21(16-30(24)25)20-5-7-23(22(13-20)17-31)26(32)29-9-11-33-12-10-29;26-14-17-1-3-18(4-2-17)22-15-27-24-8-6-20(16-29(22)24)19-5-7-21(23(30)13-19)25(31)28-9-11-32-12-10-28/h1-8,13,15-16,31H,9-12,17H2;1-8,13,15-16,30H,9-12H2. The van der Waals surface area contributed by atoms with Gasteiger partial charge in [0.15, 0.2) is 0 Å². The van der Waals surface area contributed by atoms with Crippen molar-refractivity contribution in [2.75, 3.05) is 52.6 Å². The van der Waals surface area contributed by atoms with Crippen LogP contribution in [0.1, 0.15) is 37.4 Å². The highest BCUT2D eigenvalue weighted by molar-refractivity contribution is 5.98. The molecule has 2 fully saturated rings. The number of hydrogen-bond acceptors (Lipinski definition) is 10. The van der Waals surface area contributed by atoms with Gasteiger partial charge in [-0.3, -0.25) is 18.4 Å². The van der Waals surface area contributed by atoms with E-state index in [1.54, 1.807) is 58.5 Å². The number of carbonyl (C=O) groups excluding carboxylic acids is 2. The molecular formula is C51H42N8O6. The molecule has 14 nitrogen and oxygen atoms in total. The average molecular weight is 863 g/mol. The zero-order valence-corrected chi connectivity index (χ0v) is 35.2. The number of imidazole rings is 2. The molecule has 0 bridgehead atoms. The van der Waals surface area contributed by atoms with Crippen LogP contribution in [0.15, 0.2) is 134 Å². The molecule has 4 aromatic heterocycles. The number of nitrogens with zero attached hydrogens (tertiary/aromatic N) is 8. The van der Waals surface area contributed by atoms with Crippen molar-refractivity contribution < 1.29 is 29.3 Å². The normalized spacial score (nSPS) is 13.8. The van der Waals surface area contributed by atoms with Crippen LogP contribution in [0.4, 0.5) is 0 Å². The van der Waals surface area contributed by atoms with E-state index in [2.05, 4.69) is 22.1 Å². The lowest BCUT2D eigenvalue weighted by Gasteiger charge is -2.27. The molecule has 0 unspecified atom stereocenters. The lowest BCUT2D eigenvalue weighted by atomic mass is 9.99. The van der Waals surface area contributed by atoms with E-state index in [1.165, 1.54) is 0 Å². The van der Waals surface area contributed by atoms with Crippen LogP contribution >= 0.6 is 0 Å². The molecule has 4 aromatic carbocycles. The Balaban J connectivity index is 0.000000164. The maximum atomic E-state index is 12.9. The molecule has 2 amide bonds. The Morgan fingerprint density at radius 1 is 0.554 bits per heavy atom. The predicted octanol–water partition coefficient (Wildman–Crippen LogP) is 7.22. The molecular weight excluding hydrogens is 821 g/mol. The number of nitriles is 2. The quantitative estimate of drug-likeness (QED) is 0.166. The molecule has 14 heteroatoms. The van der Waals surface area contributed by atoms with Crippen molar-refractivity contribution in [1.29, 1.82) is 10.5 Å². The van der Waals surface area contributed by atoms with E-state index in [0.29, 0.717) is 74.9 Å². The van der Waals surface area contributed by atoms with Gasteiger partial charge in [0.25, 0.3) is 11.8 Å². The lowest BCUT2D eigenvalue weighted by Crippen LogP contribution is -2.41. The Hall–Kier alpha value is -8.14. The number of fused-ring (bicyclic) bond motifs is 2. The van der Waals surface area contributed by atoms with Crippen LogP contribution in [0, 0.1) is 22.7 Å². The van der Waals surface area contributed by atoms with Gasteiger partial charge in [-0.05, 0) is 101 Å². The van der Waals surface area contributed by atoms with Crippen LogP contribution in [0.3, 0.4) is 0 Å². The van der Waals surface area contributed by atoms with E-state index in [-0.39, 0.29) is 29.7 Å². The first-order valence-corrected chi connectivity index (χ1v) is 21.1. The van der Waals surface area contributed by atoms with Gasteiger partial charge in [-0.2, -0.15) is 10.5 Å². The summed E-state index contributed by atoms with van der Waals surface area (Å²) < 4.78 is 14.6. The number of aliphatic hydroxyl groups is 1. The number of phenols is 1. The Labute approximate surface area is 374 Å². The van der Waals surface area contributed by atoms with Crippen LogP contribution < -0.4 is 0 Å². The maximum Gasteiger partial charge on any atom is 0.257 e. The summed E-state index contributed by atoms with van der Waals surface area (Å²) in [5.41, 5.74) is 11.4. The zero-order valence-electron chi connectivity index (χ0n) is 35.2. The van der Waals surface area contributed by atoms with Gasteiger partial charge in [-0.1, -0.05) is 36.4 Å². The summed E-state index contributed by atoms with van der Waals surface area (Å²) in [6, 6.07) is 37.5. The van der Waals surface area contributed by atoms with E-state index in [9.17, 15) is 19.8 Å². The largest absolute Gasteiger partial charge is 0.507 e. The first-order chi connectivity index (χ1) is 31.8. The molecule has 0 saturated carbocycles. The second-order valence-corrected chi connectivity index (χ2v) is 15.5. The fourth-order valence-electron chi connectivity index (χ4n) is 8.04. The Kier molecular flexibility index (Phi) is 12.1. The summed E-state index contributed by atoms with van der Waals surface area (Å²) >= 11 is 0. The number of morpholine rings is 2. The molecule has 2 aliphatic rings. The smallest absolute Gasteiger partial charge is 0.257 e. The molecule has 6 heterocycles. The number of phenolic OH excluding ortho intramolecular Hbond substituents is 1. The van der Waals surface area contributed by atoms with Gasteiger partial charge < -0.3 is 29.5 Å². The topological polar surface area (TPSA) is 182 Å². The van der Waals surface area contributed by atoms with Gasteiger partial charge in [-0.25, -0.2) is 9.97 Å². The summed E-state index contributed by atoms with van der Waals surface area (Å²) in [5, 5.41) is 38.6. The van der Waals surface area contributed by atoms with Crippen molar-refractivity contribution in [3.8, 4) is 62.7 Å². The van der Waals surface area contributed by atoms with Gasteiger partial charge in [0.1, 0.15) is 17.0 Å². The summed E-state index contributed by atoms with van der Waals surface area (Å²) in [6.45, 7) is 4.03. The monoisotopic (exact) mass is 862 g/mol. The number of ether oxygens (including phenoxy) is 2. The van der Waals surface area contributed by atoms with E-state index in [1.807, 2.05) is 94.1 Å². The van der Waals surface area contributed by atoms with Crippen LogP contribution in [0.25, 0.3) is 56.1 Å². The van der Waals surface area contributed by atoms with E-state index in [4.69, 9.17) is 20.0 Å². The second-order valence-electron chi connectivity index (χ2n) is 15.5. The Morgan fingerprint density at radius 3 is 1.42 bits per heavy atom. The van der Waals surface area contributed by atoms with Crippen molar-refractivity contribution in [1.82, 2.24) is 28.6 Å². The number of aromatic hydroxyl groups is 1. The van der Waals surface area contributed by atoms with Crippen molar-refractivity contribution in [3.63, 3.8) is 0 Å². The molecule has 0 spiro atoms. The van der Waals surface area contributed by atoms with Gasteiger partial charge in [0, 0.05) is 55.3 Å². The molecule has 322 valence electrons. The number of aliphatic hydroxyl groups excluding tert-OH is 1. The van der Waals surface area contributed by atoms with Crippen molar-refractivity contribution in [2.24, 2.45) is 0 Å². The first-order valence-electron chi connectivity index (χ1n) is 21.1. The fourth-order valence-corrected chi connectivity index (χ4v) is 8.04. The molecule has 0 aliphatic carbocycles. The van der Waals surface area contributed by atoms with E-state index < -0.39 is 0 Å². The number of pyridine rings is 2. The second kappa shape index (κ2) is 18.7. The predicted molar refractivity (Wildman–Crippen MR) is 243 cm³/mol. The molecule has 0 radical (unpaired) electrons. The van der Waals surface area contributed by atoms with Crippen LogP contribution in [-0.4, -0.2) is 103 Å². The minimum absolute atomic E-state index is 0.0444. The highest BCUT2D eigenvalue weighted by Crippen LogP contribution is 2.31. The van der Waals surface area contributed by atoms with Gasteiger partial charge in [-0.15, -0.1) is 0 Å². The van der Waals surface area contributed by atoms with Crippen LogP contribution in [0.5, 0.6) is 5.75 Å². The molecule has 2 N–H and O–H groups in total. The number of amides is 2. The van der Waals surface area contributed by atoms with Gasteiger partial charge in [0.2, 0.25) is 0 Å². The number of hydrogen-bond donors (Lipinski definition) is 2. The first kappa shape index (κ1) is 42.2. The molecule has 10 rings (SSSR count). The third-order valence-electron chi connectivity index (χ3n) is 11.6. The number of aromatic nitrogens is 4. The molecule has 2 saturated heterocycles. The fraction of sp³-hybridized carbons (Fsp3) is 0.176. The number of carbonyl (C=O) groups is 2. The summed E-state index contributed by atoms with van der Waals surface area (Å²) in [6.07, 6.45) is 7.55. The Bertz CT molecular complexity index is 3130. The average Bonchev–Trinajstić information content (AvgIpc) is 4.01. The lowest BCUT2D eigenvalue weighted by molar-refractivity contribution is 0.0299. The zero-order chi connectivity index (χ0) is 44.9. The van der Waals surface area contributed by atoms with E-state index >= 15 is 0 Å². The highest BCUT2D eigenvalue weighted by atomic mass is 16.5. The van der Waals surface area contributed by atoms with Crippen molar-refractivity contribution >= 4 is 23.1 Å². The molecule has 2 aliphatic heterocycles. The van der Waals surface area contributed by atoms with Gasteiger partial charge in [0.05, 0.1) is 85.6 Å². The molecule has 65 heavy (non-hydrogen) atoms. The SMILES string of the molecule is N#Cc1ccc(-c2cnc3ccc(-c4ccc(C(=O)N5CCOCC5)c(CO)c4)cn23)cc1.N#Cc1ccc(-c2cnc3ccc(-c4ccc(C(=O)N5CCOCC5)c(O)c4)cn23)cc1. The van der Waals surface area contributed by atoms with Crippen molar-refractivity contribution in [2.45, 2.75) is 6.61 Å². The molecule has 8 aromatic rings. The van der Waals surface area contributed by atoms with Crippen molar-refractivity contribution in [3.05, 3.63) is 162 Å². The molecule has 0 atom stereocenters. The maximum absolute atomic E-state index is 12.9. The van der Waals surface area contributed by atoms with Crippen LogP contribution in [0.2, 0.25) is 0 Å². The summed E-state index contributed by atoms with van der Waals surface area (Å²) in [7, 11) is 0. The van der Waals surface area contributed by atoms with E-state index in [0.717, 1.165) is 56.1 Å². The summed E-state index contributed by atoms with van der Waals surface area (Å²) in [5.74, 6) is -0.315. The van der Waals surface area contributed by atoms with Gasteiger partial charge >= 0.3 is 0 Å². The number of benzene rings is 4. The van der Waals surface area contributed by atoms with Crippen LogP contribution in [-0.2, 0) is 16.1 Å². The number of rotatable bonds is 7. The highest BCUT2D eigenvalue weighted by Gasteiger charge is 2.23. The third kappa shape index (κ3) is 8.78. The third-order valence-corrected chi connectivity index (χ3v) is 11.6. The summed E-state index contributed by atoms with van der Waals surface area (Å²) in [4.78, 5) is 38.1. The minimum Gasteiger partial charge on any atom is -0.507 e. The minimum atomic E-state index is -0.219. The Morgan fingerprint density at radius 2 is 0.969 bits per heavy atom.